The van der Waals surface area contributed by atoms with E-state index in [4.69, 9.17) is 4.74 Å². The van der Waals surface area contributed by atoms with Gasteiger partial charge in [-0.05, 0) is 19.1 Å². The number of benzene rings is 1. The van der Waals surface area contributed by atoms with Gasteiger partial charge in [0.15, 0.2) is 0 Å². The van der Waals surface area contributed by atoms with Gasteiger partial charge in [-0.1, -0.05) is 12.1 Å². The number of methoxy groups -OCH3 is 1. The lowest BCUT2D eigenvalue weighted by Crippen LogP contribution is -2.01. The molecule has 0 spiro atoms. The van der Waals surface area contributed by atoms with E-state index < -0.39 is 0 Å². The van der Waals surface area contributed by atoms with Crippen molar-refractivity contribution in [3.8, 4) is 5.75 Å². The number of anilines is 1. The van der Waals surface area contributed by atoms with Crippen LogP contribution in [0.15, 0.2) is 35.8 Å². The minimum atomic E-state index is 0.682. The third-order valence-electron chi connectivity index (χ3n) is 3.06. The van der Waals surface area contributed by atoms with Crippen LogP contribution in [0.2, 0.25) is 0 Å². The van der Waals surface area contributed by atoms with Crippen molar-refractivity contribution in [3.05, 3.63) is 46.5 Å². The molecule has 5 heteroatoms. The highest BCUT2D eigenvalue weighted by atomic mass is 32.1. The molecule has 1 aromatic carbocycles. The van der Waals surface area contributed by atoms with E-state index in [1.54, 1.807) is 24.6 Å². The fourth-order valence-corrected chi connectivity index (χ4v) is 2.85. The number of hydrogen-bond donors (Lipinski definition) is 1. The molecule has 0 radical (unpaired) electrons. The van der Waals surface area contributed by atoms with Crippen LogP contribution in [0.5, 0.6) is 5.75 Å². The Kier molecular flexibility index (Phi) is 3.52. The number of hydrogen-bond acceptors (Lipinski definition) is 5. The summed E-state index contributed by atoms with van der Waals surface area (Å²) in [6.45, 7) is 2.68. The highest BCUT2D eigenvalue weighted by Gasteiger charge is 2.07. The predicted molar refractivity (Wildman–Crippen MR) is 82.5 cm³/mol. The van der Waals surface area contributed by atoms with Crippen molar-refractivity contribution in [1.82, 2.24) is 9.97 Å². The van der Waals surface area contributed by atoms with Crippen molar-refractivity contribution >= 4 is 27.9 Å². The molecular formula is C15H15N3OS. The zero-order chi connectivity index (χ0) is 13.9. The van der Waals surface area contributed by atoms with Crippen LogP contribution in [0.4, 0.5) is 5.82 Å². The van der Waals surface area contributed by atoms with Crippen LogP contribution in [-0.2, 0) is 6.54 Å². The lowest BCUT2D eigenvalue weighted by atomic mass is 10.1. The Labute approximate surface area is 121 Å². The maximum absolute atomic E-state index is 5.38. The van der Waals surface area contributed by atoms with Gasteiger partial charge in [0.05, 0.1) is 13.7 Å². The highest BCUT2D eigenvalue weighted by molar-refractivity contribution is 7.09. The molecule has 20 heavy (non-hydrogen) atoms. The topological polar surface area (TPSA) is 47.0 Å². The zero-order valence-electron chi connectivity index (χ0n) is 11.4. The maximum Gasteiger partial charge on any atom is 0.134 e. The van der Waals surface area contributed by atoms with E-state index in [0.717, 1.165) is 33.0 Å². The fraction of sp³-hybridized carbons (Fsp3) is 0.200. The number of pyridine rings is 1. The number of rotatable bonds is 4. The average Bonchev–Trinajstić information content (AvgIpc) is 2.90. The van der Waals surface area contributed by atoms with Crippen LogP contribution >= 0.6 is 11.3 Å². The summed E-state index contributed by atoms with van der Waals surface area (Å²) < 4.78 is 5.38. The number of nitrogens with zero attached hydrogens (tertiary/aromatic N) is 2. The van der Waals surface area contributed by atoms with Crippen LogP contribution in [0.3, 0.4) is 0 Å². The van der Waals surface area contributed by atoms with E-state index in [1.807, 2.05) is 31.2 Å². The average molecular weight is 285 g/mol. The van der Waals surface area contributed by atoms with Crippen molar-refractivity contribution < 1.29 is 4.74 Å². The molecule has 3 rings (SSSR count). The van der Waals surface area contributed by atoms with Crippen molar-refractivity contribution in [2.24, 2.45) is 0 Å². The van der Waals surface area contributed by atoms with Gasteiger partial charge in [-0.2, -0.15) is 0 Å². The maximum atomic E-state index is 5.38. The molecular weight excluding hydrogens is 270 g/mol. The molecule has 2 heterocycles. The van der Waals surface area contributed by atoms with Crippen molar-refractivity contribution in [1.29, 1.82) is 0 Å². The minimum absolute atomic E-state index is 0.682. The van der Waals surface area contributed by atoms with Gasteiger partial charge in [-0.15, -0.1) is 11.3 Å². The van der Waals surface area contributed by atoms with E-state index in [1.165, 1.54) is 0 Å². The summed E-state index contributed by atoms with van der Waals surface area (Å²) in [6.07, 6.45) is 1.79. The quantitative estimate of drug-likeness (QED) is 0.795. The largest absolute Gasteiger partial charge is 0.496 e. The van der Waals surface area contributed by atoms with Gasteiger partial charge in [-0.25, -0.2) is 9.97 Å². The number of thiazole rings is 1. The number of ether oxygens (including phenoxy) is 1. The number of aromatic nitrogens is 2. The minimum Gasteiger partial charge on any atom is -0.496 e. The third kappa shape index (κ3) is 2.44. The Morgan fingerprint density at radius 3 is 2.90 bits per heavy atom. The molecule has 0 atom stereocenters. The van der Waals surface area contributed by atoms with E-state index in [9.17, 15) is 0 Å². The summed E-state index contributed by atoms with van der Waals surface area (Å²) >= 11 is 1.66. The molecule has 0 saturated carbocycles. The first-order valence-corrected chi connectivity index (χ1v) is 7.22. The summed E-state index contributed by atoms with van der Waals surface area (Å²) in [6, 6.07) is 7.94. The summed E-state index contributed by atoms with van der Waals surface area (Å²) in [5, 5.41) is 8.58. The van der Waals surface area contributed by atoms with Crippen LogP contribution in [0.25, 0.3) is 10.8 Å². The Hall–Kier alpha value is -2.14. The Balaban J connectivity index is 1.91. The van der Waals surface area contributed by atoms with Gasteiger partial charge in [-0.3, -0.25) is 0 Å². The summed E-state index contributed by atoms with van der Waals surface area (Å²) in [5.41, 5.74) is 1.05. The second-order valence-corrected chi connectivity index (χ2v) is 5.39. The van der Waals surface area contributed by atoms with E-state index >= 15 is 0 Å². The van der Waals surface area contributed by atoms with E-state index in [-0.39, 0.29) is 0 Å². The molecule has 0 aliphatic heterocycles. The smallest absolute Gasteiger partial charge is 0.134 e. The second-order valence-electron chi connectivity index (χ2n) is 4.45. The first kappa shape index (κ1) is 12.9. The molecule has 0 bridgehead atoms. The van der Waals surface area contributed by atoms with Crippen molar-refractivity contribution in [2.75, 3.05) is 12.4 Å². The Morgan fingerprint density at radius 2 is 2.15 bits per heavy atom. The molecule has 0 fully saturated rings. The molecule has 1 N–H and O–H groups in total. The molecule has 0 aliphatic carbocycles. The molecule has 0 saturated heterocycles. The monoisotopic (exact) mass is 285 g/mol. The van der Waals surface area contributed by atoms with Crippen LogP contribution in [0, 0.1) is 6.92 Å². The summed E-state index contributed by atoms with van der Waals surface area (Å²) in [7, 11) is 1.68. The molecule has 0 unspecified atom stereocenters. The number of fused-ring (bicyclic) bond motifs is 1. The van der Waals surface area contributed by atoms with Gasteiger partial charge in [0.2, 0.25) is 0 Å². The van der Waals surface area contributed by atoms with E-state index in [2.05, 4.69) is 20.7 Å². The van der Waals surface area contributed by atoms with Gasteiger partial charge < -0.3 is 10.1 Å². The first-order valence-electron chi connectivity index (χ1n) is 6.34. The Bertz CT molecular complexity index is 739. The fourth-order valence-electron chi connectivity index (χ4n) is 2.14. The lowest BCUT2D eigenvalue weighted by Gasteiger charge is -2.09. The molecule has 4 nitrogen and oxygen atoms in total. The van der Waals surface area contributed by atoms with Gasteiger partial charge in [0.25, 0.3) is 0 Å². The third-order valence-corrected chi connectivity index (χ3v) is 4.03. The zero-order valence-corrected chi connectivity index (χ0v) is 12.2. The normalized spacial score (nSPS) is 10.7. The van der Waals surface area contributed by atoms with Crippen molar-refractivity contribution in [2.45, 2.75) is 13.5 Å². The molecule has 3 aromatic rings. The summed E-state index contributed by atoms with van der Waals surface area (Å²) in [4.78, 5) is 8.86. The molecule has 102 valence electrons. The van der Waals surface area contributed by atoms with Crippen LogP contribution in [0.1, 0.15) is 10.7 Å². The second kappa shape index (κ2) is 5.46. The van der Waals surface area contributed by atoms with Crippen LogP contribution < -0.4 is 10.1 Å². The van der Waals surface area contributed by atoms with Crippen molar-refractivity contribution in [3.63, 3.8) is 0 Å². The standard InChI is InChI=1S/C15H15N3OS/c1-10-9-20-14(18-10)8-17-15-12-4-3-5-13(19-2)11(12)6-7-16-15/h3-7,9H,8H2,1-2H3,(H,16,17). The highest BCUT2D eigenvalue weighted by Crippen LogP contribution is 2.29. The molecule has 0 aliphatic rings. The van der Waals surface area contributed by atoms with Gasteiger partial charge >= 0.3 is 0 Å². The van der Waals surface area contributed by atoms with Gasteiger partial charge in [0.1, 0.15) is 16.6 Å². The SMILES string of the molecule is COc1cccc2c(NCc3nc(C)cs3)nccc12. The predicted octanol–water partition coefficient (Wildman–Crippen LogP) is 3.62. The first-order chi connectivity index (χ1) is 9.78. The molecule has 0 amide bonds. The van der Waals surface area contributed by atoms with Crippen LogP contribution in [-0.4, -0.2) is 17.1 Å². The number of aryl methyl sites for hydroxylation is 1. The Morgan fingerprint density at radius 1 is 1.25 bits per heavy atom. The lowest BCUT2D eigenvalue weighted by molar-refractivity contribution is 0.420. The van der Waals surface area contributed by atoms with Gasteiger partial charge in [0, 0.05) is 28.0 Å². The van der Waals surface area contributed by atoms with E-state index in [0.29, 0.717) is 6.54 Å². The molecule has 2 aromatic heterocycles. The number of nitrogens with one attached hydrogen (secondary N) is 1. The summed E-state index contributed by atoms with van der Waals surface area (Å²) in [5.74, 6) is 1.72.